The molecule has 0 saturated heterocycles. The fourth-order valence-corrected chi connectivity index (χ4v) is 3.97. The van der Waals surface area contributed by atoms with Crippen molar-refractivity contribution >= 4 is 33.3 Å². The minimum absolute atomic E-state index is 0.674. The predicted octanol–water partition coefficient (Wildman–Crippen LogP) is 4.19. The van der Waals surface area contributed by atoms with Gasteiger partial charge in [0.2, 0.25) is 0 Å². The smallest absolute Gasteiger partial charge is 0.161 e. The Morgan fingerprint density at radius 1 is 1.13 bits per heavy atom. The normalized spacial score (nSPS) is 11.0. The number of hydrogen-bond donors (Lipinski definition) is 0. The van der Waals surface area contributed by atoms with Gasteiger partial charge in [-0.05, 0) is 30.9 Å². The van der Waals surface area contributed by atoms with Crippen LogP contribution in [-0.2, 0) is 0 Å². The van der Waals surface area contributed by atoms with Gasteiger partial charge in [0.1, 0.15) is 16.2 Å². The molecule has 0 unspecified atom stereocenters. The van der Waals surface area contributed by atoms with Crippen LogP contribution in [0.2, 0.25) is 0 Å². The Morgan fingerprint density at radius 2 is 1.91 bits per heavy atom. The molecule has 0 atom stereocenters. The zero-order valence-electron chi connectivity index (χ0n) is 13.4. The van der Waals surface area contributed by atoms with Crippen molar-refractivity contribution in [1.29, 1.82) is 0 Å². The number of ether oxygens (including phenoxy) is 2. The van der Waals surface area contributed by atoms with E-state index in [-0.39, 0.29) is 0 Å². The van der Waals surface area contributed by atoms with Crippen molar-refractivity contribution in [3.8, 4) is 22.8 Å². The Balaban J connectivity index is 2.19. The highest BCUT2D eigenvalue weighted by atomic mass is 32.2. The molecular weight excluding hydrogens is 330 g/mol. The minimum atomic E-state index is 0.674. The van der Waals surface area contributed by atoms with E-state index in [1.807, 2.05) is 25.1 Å². The van der Waals surface area contributed by atoms with Gasteiger partial charge in [0, 0.05) is 5.56 Å². The molecular formula is C16H17N3O2S2. The Hall–Kier alpha value is -1.86. The zero-order valence-corrected chi connectivity index (χ0v) is 15.0. The maximum atomic E-state index is 5.39. The summed E-state index contributed by atoms with van der Waals surface area (Å²) in [6, 6.07) is 5.76. The highest BCUT2D eigenvalue weighted by Crippen LogP contribution is 2.38. The third-order valence-electron chi connectivity index (χ3n) is 3.33. The van der Waals surface area contributed by atoms with E-state index in [0.29, 0.717) is 11.5 Å². The molecule has 0 amide bonds. The first kappa shape index (κ1) is 16.0. The summed E-state index contributed by atoms with van der Waals surface area (Å²) in [6.45, 7) is 4.10. The standard InChI is InChI=1S/C16H17N3O2S2/c1-5-22-16-14-15(23-9(2)17-14)13(18-19-16)10-6-7-11(20-3)12(8-10)21-4/h6-8H,5H2,1-4H3. The van der Waals surface area contributed by atoms with Gasteiger partial charge in [-0.2, -0.15) is 0 Å². The van der Waals surface area contributed by atoms with Gasteiger partial charge in [-0.3, -0.25) is 0 Å². The second kappa shape index (κ2) is 6.72. The maximum absolute atomic E-state index is 5.39. The molecule has 1 aromatic carbocycles. The number of fused-ring (bicyclic) bond motifs is 1. The van der Waals surface area contributed by atoms with E-state index in [1.165, 1.54) is 0 Å². The van der Waals surface area contributed by atoms with Gasteiger partial charge in [-0.25, -0.2) is 4.98 Å². The Morgan fingerprint density at radius 3 is 2.61 bits per heavy atom. The van der Waals surface area contributed by atoms with Crippen LogP contribution >= 0.6 is 23.1 Å². The summed E-state index contributed by atoms with van der Waals surface area (Å²) in [5, 5.41) is 10.7. The highest BCUT2D eigenvalue weighted by molar-refractivity contribution is 7.99. The number of methoxy groups -OCH3 is 2. The predicted molar refractivity (Wildman–Crippen MR) is 94.9 cm³/mol. The largest absolute Gasteiger partial charge is 0.493 e. The van der Waals surface area contributed by atoms with Crippen molar-refractivity contribution in [1.82, 2.24) is 15.2 Å². The average molecular weight is 347 g/mol. The summed E-state index contributed by atoms with van der Waals surface area (Å²) in [4.78, 5) is 4.63. The lowest BCUT2D eigenvalue weighted by atomic mass is 10.1. The van der Waals surface area contributed by atoms with Gasteiger partial charge in [0.25, 0.3) is 0 Å². The lowest BCUT2D eigenvalue weighted by molar-refractivity contribution is 0.355. The Bertz CT molecular complexity index is 849. The lowest BCUT2D eigenvalue weighted by Crippen LogP contribution is -1.94. The summed E-state index contributed by atoms with van der Waals surface area (Å²) >= 11 is 3.30. The molecule has 7 heteroatoms. The summed E-state index contributed by atoms with van der Waals surface area (Å²) in [5.41, 5.74) is 2.70. The molecule has 0 saturated carbocycles. The monoisotopic (exact) mass is 347 g/mol. The van der Waals surface area contributed by atoms with Gasteiger partial charge in [0.15, 0.2) is 11.5 Å². The van der Waals surface area contributed by atoms with Crippen LogP contribution in [0.25, 0.3) is 21.5 Å². The molecule has 0 fully saturated rings. The molecule has 120 valence electrons. The van der Waals surface area contributed by atoms with Crippen molar-refractivity contribution in [2.24, 2.45) is 0 Å². The molecule has 2 heterocycles. The van der Waals surface area contributed by atoms with E-state index >= 15 is 0 Å². The van der Waals surface area contributed by atoms with E-state index < -0.39 is 0 Å². The molecule has 3 rings (SSSR count). The maximum Gasteiger partial charge on any atom is 0.161 e. The third kappa shape index (κ3) is 2.98. The van der Waals surface area contributed by atoms with Crippen LogP contribution in [0.4, 0.5) is 0 Å². The Labute approximate surface area is 143 Å². The lowest BCUT2D eigenvalue weighted by Gasteiger charge is -2.09. The first-order chi connectivity index (χ1) is 11.2. The van der Waals surface area contributed by atoms with Crippen LogP contribution < -0.4 is 9.47 Å². The van der Waals surface area contributed by atoms with Crippen LogP contribution in [0, 0.1) is 6.92 Å². The van der Waals surface area contributed by atoms with Gasteiger partial charge in [-0.1, -0.05) is 6.92 Å². The molecule has 23 heavy (non-hydrogen) atoms. The summed E-state index contributed by atoms with van der Waals surface area (Å²) in [5.74, 6) is 2.31. The SMILES string of the molecule is CCSc1nnc(-c2ccc(OC)c(OC)c2)c2sc(C)nc12. The van der Waals surface area contributed by atoms with Gasteiger partial charge < -0.3 is 9.47 Å². The highest BCUT2D eigenvalue weighted by Gasteiger charge is 2.16. The van der Waals surface area contributed by atoms with E-state index in [0.717, 1.165) is 37.3 Å². The number of hydrogen-bond acceptors (Lipinski definition) is 7. The summed E-state index contributed by atoms with van der Waals surface area (Å²) in [6.07, 6.45) is 0. The van der Waals surface area contributed by atoms with Gasteiger partial charge in [0.05, 0.1) is 23.9 Å². The Kier molecular flexibility index (Phi) is 4.68. The van der Waals surface area contributed by atoms with Crippen molar-refractivity contribution in [3.63, 3.8) is 0 Å². The van der Waals surface area contributed by atoms with Crippen LogP contribution in [0.1, 0.15) is 11.9 Å². The van der Waals surface area contributed by atoms with Gasteiger partial charge in [-0.15, -0.1) is 33.3 Å². The summed E-state index contributed by atoms with van der Waals surface area (Å²) in [7, 11) is 3.25. The van der Waals surface area contributed by atoms with Crippen molar-refractivity contribution in [2.75, 3.05) is 20.0 Å². The molecule has 0 aliphatic rings. The number of rotatable bonds is 5. The van der Waals surface area contributed by atoms with Crippen LogP contribution in [0.3, 0.4) is 0 Å². The quantitative estimate of drug-likeness (QED) is 0.645. The molecule has 0 aliphatic carbocycles. The second-order valence-electron chi connectivity index (χ2n) is 4.77. The molecule has 0 N–H and O–H groups in total. The van der Waals surface area contributed by atoms with Crippen LogP contribution in [0.5, 0.6) is 11.5 Å². The molecule has 0 bridgehead atoms. The summed E-state index contributed by atoms with van der Waals surface area (Å²) < 4.78 is 11.7. The number of thioether (sulfide) groups is 1. The van der Waals surface area contributed by atoms with Crippen molar-refractivity contribution in [2.45, 2.75) is 18.9 Å². The first-order valence-electron chi connectivity index (χ1n) is 7.17. The van der Waals surface area contributed by atoms with E-state index in [9.17, 15) is 0 Å². The van der Waals surface area contributed by atoms with E-state index in [2.05, 4.69) is 22.1 Å². The molecule has 5 nitrogen and oxygen atoms in total. The topological polar surface area (TPSA) is 57.1 Å². The second-order valence-corrected chi connectivity index (χ2v) is 7.22. The molecule has 3 aromatic rings. The zero-order chi connectivity index (χ0) is 16.4. The van der Waals surface area contributed by atoms with Crippen molar-refractivity contribution in [3.05, 3.63) is 23.2 Å². The average Bonchev–Trinajstić information content (AvgIpc) is 2.96. The molecule has 2 aromatic heterocycles. The number of thiazole rings is 1. The fourth-order valence-electron chi connectivity index (χ4n) is 2.33. The van der Waals surface area contributed by atoms with Crippen molar-refractivity contribution < 1.29 is 9.47 Å². The van der Waals surface area contributed by atoms with E-state index in [4.69, 9.17) is 9.47 Å². The number of aryl methyl sites for hydroxylation is 1. The molecule has 0 aliphatic heterocycles. The number of aromatic nitrogens is 3. The molecule has 0 spiro atoms. The van der Waals surface area contributed by atoms with Gasteiger partial charge >= 0.3 is 0 Å². The number of nitrogens with zero attached hydrogens (tertiary/aromatic N) is 3. The van der Waals surface area contributed by atoms with Crippen LogP contribution in [-0.4, -0.2) is 35.2 Å². The third-order valence-corrected chi connectivity index (χ3v) is 5.15. The van der Waals surface area contributed by atoms with E-state index in [1.54, 1.807) is 37.3 Å². The minimum Gasteiger partial charge on any atom is -0.493 e. The first-order valence-corrected chi connectivity index (χ1v) is 8.97. The fraction of sp³-hybridized carbons (Fsp3) is 0.312. The number of benzene rings is 1. The molecule has 0 radical (unpaired) electrons. The van der Waals surface area contributed by atoms with Crippen LogP contribution in [0.15, 0.2) is 23.2 Å².